The fourth-order valence-electron chi connectivity index (χ4n) is 2.48. The van der Waals surface area contributed by atoms with Crippen molar-refractivity contribution < 1.29 is 9.18 Å². The molecular formula is C16H13FN2O. The normalized spacial score (nSPS) is 13.1. The van der Waals surface area contributed by atoms with Gasteiger partial charge in [-0.15, -0.1) is 0 Å². The number of aromatic nitrogens is 1. The fraction of sp³-hybridized carbons (Fsp3) is 0.188. The van der Waals surface area contributed by atoms with Gasteiger partial charge in [0, 0.05) is 24.4 Å². The standard InChI is InChI=1S/C16H13FN2O/c1-9-5-12(17)3-4-13(9)15-6-11-7-18-8-14(10(2)20)16(11)19-15/h3-5,7-8H,6H2,1-2H3. The van der Waals surface area contributed by atoms with E-state index >= 15 is 0 Å². The van der Waals surface area contributed by atoms with Crippen molar-refractivity contribution >= 4 is 17.2 Å². The molecule has 1 aromatic heterocycles. The van der Waals surface area contributed by atoms with Gasteiger partial charge in [-0.3, -0.25) is 14.8 Å². The van der Waals surface area contributed by atoms with E-state index in [1.54, 1.807) is 18.5 Å². The number of aryl methyl sites for hydroxylation is 1. The Kier molecular flexibility index (Phi) is 2.93. The third-order valence-electron chi connectivity index (χ3n) is 3.48. The molecule has 0 aliphatic carbocycles. The third kappa shape index (κ3) is 2.03. The van der Waals surface area contributed by atoms with Gasteiger partial charge in [-0.25, -0.2) is 4.39 Å². The van der Waals surface area contributed by atoms with Crippen LogP contribution in [0.15, 0.2) is 35.6 Å². The first kappa shape index (κ1) is 12.7. The van der Waals surface area contributed by atoms with Crippen molar-refractivity contribution in [3.05, 3.63) is 58.7 Å². The number of aliphatic imine (C=N–C) groups is 1. The molecule has 2 heterocycles. The number of fused-ring (bicyclic) bond motifs is 1. The zero-order chi connectivity index (χ0) is 14.3. The van der Waals surface area contributed by atoms with E-state index in [0.717, 1.165) is 22.4 Å². The van der Waals surface area contributed by atoms with Crippen molar-refractivity contribution in [1.29, 1.82) is 0 Å². The molecule has 0 saturated heterocycles. The van der Waals surface area contributed by atoms with Crippen LogP contribution in [0.25, 0.3) is 0 Å². The van der Waals surface area contributed by atoms with E-state index in [1.165, 1.54) is 19.1 Å². The van der Waals surface area contributed by atoms with Crippen molar-refractivity contribution in [2.75, 3.05) is 0 Å². The molecule has 0 radical (unpaired) electrons. The summed E-state index contributed by atoms with van der Waals surface area (Å²) in [6, 6.07) is 4.65. The third-order valence-corrected chi connectivity index (χ3v) is 3.48. The Bertz CT molecular complexity index is 750. The Morgan fingerprint density at radius 1 is 1.30 bits per heavy atom. The molecule has 0 N–H and O–H groups in total. The summed E-state index contributed by atoms with van der Waals surface area (Å²) < 4.78 is 13.2. The molecule has 0 saturated carbocycles. The minimum atomic E-state index is -0.256. The largest absolute Gasteiger partial charge is 0.294 e. The highest BCUT2D eigenvalue weighted by molar-refractivity contribution is 6.10. The first-order valence-corrected chi connectivity index (χ1v) is 6.38. The van der Waals surface area contributed by atoms with Crippen LogP contribution in [-0.2, 0) is 6.42 Å². The summed E-state index contributed by atoms with van der Waals surface area (Å²) in [6.45, 7) is 3.36. The average Bonchev–Trinajstić information content (AvgIpc) is 2.81. The van der Waals surface area contributed by atoms with Gasteiger partial charge in [0.2, 0.25) is 0 Å². The minimum Gasteiger partial charge on any atom is -0.294 e. The Labute approximate surface area is 116 Å². The monoisotopic (exact) mass is 268 g/mol. The van der Waals surface area contributed by atoms with Crippen molar-refractivity contribution in [3.63, 3.8) is 0 Å². The number of benzene rings is 1. The zero-order valence-electron chi connectivity index (χ0n) is 11.3. The van der Waals surface area contributed by atoms with Gasteiger partial charge in [-0.05, 0) is 43.2 Å². The van der Waals surface area contributed by atoms with Crippen LogP contribution in [0, 0.1) is 12.7 Å². The highest BCUT2D eigenvalue weighted by Gasteiger charge is 2.21. The Morgan fingerprint density at radius 2 is 2.10 bits per heavy atom. The molecule has 0 spiro atoms. The number of ketones is 1. The van der Waals surface area contributed by atoms with Gasteiger partial charge in [0.15, 0.2) is 5.78 Å². The molecule has 3 rings (SSSR count). The summed E-state index contributed by atoms with van der Waals surface area (Å²) in [5.41, 5.74) is 4.79. The number of hydrogen-bond donors (Lipinski definition) is 0. The van der Waals surface area contributed by atoms with E-state index in [4.69, 9.17) is 0 Å². The van der Waals surface area contributed by atoms with E-state index in [0.29, 0.717) is 17.7 Å². The Balaban J connectivity index is 2.09. The van der Waals surface area contributed by atoms with Crippen LogP contribution in [0.2, 0.25) is 0 Å². The van der Waals surface area contributed by atoms with Crippen LogP contribution in [0.3, 0.4) is 0 Å². The number of Topliss-reactive ketones (excluding diaryl/α,β-unsaturated/α-hetero) is 1. The molecule has 3 nitrogen and oxygen atoms in total. The van der Waals surface area contributed by atoms with E-state index in [1.807, 2.05) is 6.92 Å². The van der Waals surface area contributed by atoms with Gasteiger partial charge in [0.05, 0.1) is 17.0 Å². The van der Waals surface area contributed by atoms with Crippen molar-refractivity contribution in [2.45, 2.75) is 20.3 Å². The maximum atomic E-state index is 13.2. The molecule has 0 fully saturated rings. The predicted octanol–water partition coefficient (Wildman–Crippen LogP) is 3.41. The van der Waals surface area contributed by atoms with Gasteiger partial charge in [0.1, 0.15) is 5.82 Å². The summed E-state index contributed by atoms with van der Waals surface area (Å²) >= 11 is 0. The lowest BCUT2D eigenvalue weighted by Crippen LogP contribution is -2.03. The second-order valence-electron chi connectivity index (χ2n) is 4.95. The van der Waals surface area contributed by atoms with Gasteiger partial charge in [-0.1, -0.05) is 0 Å². The topological polar surface area (TPSA) is 42.3 Å². The summed E-state index contributed by atoms with van der Waals surface area (Å²) in [5, 5.41) is 0. The quantitative estimate of drug-likeness (QED) is 0.783. The van der Waals surface area contributed by atoms with Crippen LogP contribution in [0.4, 0.5) is 10.1 Å². The first-order valence-electron chi connectivity index (χ1n) is 6.38. The number of pyridine rings is 1. The van der Waals surface area contributed by atoms with Gasteiger partial charge in [0.25, 0.3) is 0 Å². The smallest absolute Gasteiger partial charge is 0.163 e. The zero-order valence-corrected chi connectivity index (χ0v) is 11.3. The number of carbonyl (C=O) groups is 1. The molecule has 0 amide bonds. The number of rotatable bonds is 2. The molecule has 1 aliphatic heterocycles. The number of nitrogens with zero attached hydrogens (tertiary/aromatic N) is 2. The van der Waals surface area contributed by atoms with Crippen LogP contribution < -0.4 is 0 Å². The molecular weight excluding hydrogens is 255 g/mol. The van der Waals surface area contributed by atoms with Crippen molar-refractivity contribution in [3.8, 4) is 0 Å². The maximum Gasteiger partial charge on any atom is 0.163 e. The molecule has 0 bridgehead atoms. The Morgan fingerprint density at radius 3 is 2.80 bits per heavy atom. The molecule has 0 atom stereocenters. The van der Waals surface area contributed by atoms with Crippen molar-refractivity contribution in [2.24, 2.45) is 4.99 Å². The lowest BCUT2D eigenvalue weighted by molar-refractivity contribution is 0.101. The SMILES string of the molecule is CC(=O)c1cncc2c1N=C(c1ccc(F)cc1C)C2. The molecule has 0 unspecified atom stereocenters. The molecule has 100 valence electrons. The lowest BCUT2D eigenvalue weighted by Gasteiger charge is -2.04. The second kappa shape index (κ2) is 4.63. The summed E-state index contributed by atoms with van der Waals surface area (Å²) in [5.74, 6) is -0.302. The van der Waals surface area contributed by atoms with Crippen LogP contribution in [-0.4, -0.2) is 16.5 Å². The van der Waals surface area contributed by atoms with E-state index in [2.05, 4.69) is 9.98 Å². The summed E-state index contributed by atoms with van der Waals surface area (Å²) in [7, 11) is 0. The van der Waals surface area contributed by atoms with E-state index in [-0.39, 0.29) is 11.6 Å². The van der Waals surface area contributed by atoms with Crippen LogP contribution >= 0.6 is 0 Å². The number of carbonyl (C=O) groups excluding carboxylic acids is 1. The molecule has 1 aromatic carbocycles. The summed E-state index contributed by atoms with van der Waals surface area (Å²) in [6.07, 6.45) is 3.90. The lowest BCUT2D eigenvalue weighted by atomic mass is 10.00. The van der Waals surface area contributed by atoms with Gasteiger partial charge in [-0.2, -0.15) is 0 Å². The number of halogens is 1. The molecule has 2 aromatic rings. The van der Waals surface area contributed by atoms with Crippen LogP contribution in [0.5, 0.6) is 0 Å². The average molecular weight is 268 g/mol. The number of hydrogen-bond acceptors (Lipinski definition) is 3. The molecule has 20 heavy (non-hydrogen) atoms. The van der Waals surface area contributed by atoms with E-state index in [9.17, 15) is 9.18 Å². The van der Waals surface area contributed by atoms with Crippen molar-refractivity contribution in [1.82, 2.24) is 4.98 Å². The predicted molar refractivity (Wildman–Crippen MR) is 75.3 cm³/mol. The van der Waals surface area contributed by atoms with Gasteiger partial charge < -0.3 is 0 Å². The second-order valence-corrected chi connectivity index (χ2v) is 4.95. The van der Waals surface area contributed by atoms with Gasteiger partial charge >= 0.3 is 0 Å². The molecule has 1 aliphatic rings. The highest BCUT2D eigenvalue weighted by atomic mass is 19.1. The minimum absolute atomic E-state index is 0.0461. The fourth-order valence-corrected chi connectivity index (χ4v) is 2.48. The molecule has 4 heteroatoms. The van der Waals surface area contributed by atoms with E-state index < -0.39 is 0 Å². The highest BCUT2D eigenvalue weighted by Crippen LogP contribution is 2.32. The van der Waals surface area contributed by atoms with Crippen LogP contribution in [0.1, 0.15) is 34.0 Å². The first-order chi connectivity index (χ1) is 9.56. The summed E-state index contributed by atoms with van der Waals surface area (Å²) in [4.78, 5) is 20.3. The maximum absolute atomic E-state index is 13.2. The Hall–Kier alpha value is -2.36.